The third-order valence-electron chi connectivity index (χ3n) is 8.27. The van der Waals surface area contributed by atoms with E-state index in [0.717, 1.165) is 49.0 Å². The van der Waals surface area contributed by atoms with Crippen LogP contribution < -0.4 is 4.90 Å². The number of carbonyl (C=O) groups excluding carboxylic acids is 2. The first-order chi connectivity index (χ1) is 18.4. The molecule has 0 radical (unpaired) electrons. The first kappa shape index (κ1) is 29.5. The molecule has 2 aliphatic heterocycles. The number of nitrogens with zero attached hydrogens (tertiary/aromatic N) is 3. The topological polar surface area (TPSA) is 64.1 Å². The molecule has 1 aliphatic carbocycles. The maximum atomic E-state index is 14.0. The zero-order valence-electron chi connectivity index (χ0n) is 22.5. The van der Waals surface area contributed by atoms with Crippen LogP contribution in [-0.2, 0) is 4.79 Å². The van der Waals surface area contributed by atoms with Crippen molar-refractivity contribution in [2.75, 3.05) is 45.2 Å². The van der Waals surface area contributed by atoms with E-state index in [1.807, 2.05) is 24.3 Å². The second-order valence-electron chi connectivity index (χ2n) is 11.1. The summed E-state index contributed by atoms with van der Waals surface area (Å²) in [5.74, 6) is -0.476. The minimum Gasteiger partial charge on any atom is -0.372 e. The van der Waals surface area contributed by atoms with Crippen LogP contribution in [0.25, 0.3) is 0 Å². The lowest BCUT2D eigenvalue weighted by Gasteiger charge is -2.40. The Kier molecular flexibility index (Phi) is 9.01. The molecular formula is C29H37ClF3N3O3. The summed E-state index contributed by atoms with van der Waals surface area (Å²) >= 11 is 5.94. The molecule has 2 saturated heterocycles. The predicted octanol–water partition coefficient (Wildman–Crippen LogP) is 5.37. The Labute approximate surface area is 233 Å². The largest absolute Gasteiger partial charge is 0.430 e. The molecule has 2 amide bonds. The lowest BCUT2D eigenvalue weighted by atomic mass is 9.81. The number of amides is 2. The Balaban J connectivity index is 1.28. The number of carbonyl (C=O) groups is 2. The van der Waals surface area contributed by atoms with Gasteiger partial charge in [-0.15, -0.1) is 0 Å². The molecule has 4 rings (SSSR count). The van der Waals surface area contributed by atoms with Crippen LogP contribution in [0.1, 0.15) is 55.3 Å². The molecular weight excluding hydrogens is 531 g/mol. The molecule has 2 fully saturated rings. The second-order valence-corrected chi connectivity index (χ2v) is 11.6. The van der Waals surface area contributed by atoms with Gasteiger partial charge in [-0.05, 0) is 92.7 Å². The summed E-state index contributed by atoms with van der Waals surface area (Å²) in [6.45, 7) is 2.21. The molecule has 214 valence electrons. The number of likely N-dealkylation sites (tertiary alicyclic amines) is 1. The molecule has 3 aliphatic rings. The monoisotopic (exact) mass is 567 g/mol. The smallest absolute Gasteiger partial charge is 0.372 e. The van der Waals surface area contributed by atoms with Crippen molar-refractivity contribution in [2.45, 2.75) is 56.7 Å². The summed E-state index contributed by atoms with van der Waals surface area (Å²) < 4.78 is 42.1. The van der Waals surface area contributed by atoms with Crippen LogP contribution in [0.5, 0.6) is 0 Å². The predicted molar refractivity (Wildman–Crippen MR) is 146 cm³/mol. The van der Waals surface area contributed by atoms with Gasteiger partial charge in [-0.3, -0.25) is 9.59 Å². The van der Waals surface area contributed by atoms with Crippen molar-refractivity contribution in [1.82, 2.24) is 9.80 Å². The zero-order valence-corrected chi connectivity index (χ0v) is 23.3. The van der Waals surface area contributed by atoms with Crippen LogP contribution in [0.3, 0.4) is 0 Å². The van der Waals surface area contributed by atoms with E-state index in [4.69, 9.17) is 11.6 Å². The van der Waals surface area contributed by atoms with E-state index in [9.17, 15) is 27.9 Å². The van der Waals surface area contributed by atoms with Crippen LogP contribution in [0.15, 0.2) is 47.0 Å². The highest BCUT2D eigenvalue weighted by Crippen LogP contribution is 2.42. The van der Waals surface area contributed by atoms with Gasteiger partial charge in [0.15, 0.2) is 0 Å². The molecule has 1 N–H and O–H groups in total. The van der Waals surface area contributed by atoms with Gasteiger partial charge in [0, 0.05) is 56.6 Å². The number of halogens is 4. The highest BCUT2D eigenvalue weighted by atomic mass is 35.5. The van der Waals surface area contributed by atoms with Crippen molar-refractivity contribution in [2.24, 2.45) is 11.8 Å². The number of benzene rings is 1. The zero-order chi connectivity index (χ0) is 28.4. The first-order valence-electron chi connectivity index (χ1n) is 13.6. The lowest BCUT2D eigenvalue weighted by molar-refractivity contribution is -0.242. The van der Waals surface area contributed by atoms with Crippen molar-refractivity contribution in [3.63, 3.8) is 0 Å². The van der Waals surface area contributed by atoms with Crippen LogP contribution in [0.4, 0.5) is 18.9 Å². The number of hydrogen-bond donors (Lipinski definition) is 1. The van der Waals surface area contributed by atoms with Crippen molar-refractivity contribution in [3.8, 4) is 0 Å². The van der Waals surface area contributed by atoms with Gasteiger partial charge < -0.3 is 19.8 Å². The van der Waals surface area contributed by atoms with Crippen LogP contribution in [0, 0.1) is 11.8 Å². The quantitative estimate of drug-likeness (QED) is 0.502. The van der Waals surface area contributed by atoms with Gasteiger partial charge in [-0.25, -0.2) is 0 Å². The Morgan fingerprint density at radius 1 is 1.00 bits per heavy atom. The van der Waals surface area contributed by atoms with Crippen molar-refractivity contribution in [3.05, 3.63) is 52.6 Å². The number of piperidine rings is 2. The van der Waals surface area contributed by atoms with Gasteiger partial charge in [0.25, 0.3) is 17.4 Å². The van der Waals surface area contributed by atoms with Gasteiger partial charge in [0.2, 0.25) is 0 Å². The molecule has 1 atom stereocenters. The summed E-state index contributed by atoms with van der Waals surface area (Å²) in [4.78, 5) is 30.2. The van der Waals surface area contributed by atoms with Crippen molar-refractivity contribution < 1.29 is 27.9 Å². The fraction of sp³-hybridized carbons (Fsp3) is 0.586. The Bertz CT molecular complexity index is 1100. The van der Waals surface area contributed by atoms with E-state index in [0.29, 0.717) is 36.7 Å². The maximum absolute atomic E-state index is 14.0. The van der Waals surface area contributed by atoms with E-state index in [1.165, 1.54) is 6.08 Å². The van der Waals surface area contributed by atoms with Crippen molar-refractivity contribution in [1.29, 1.82) is 0 Å². The van der Waals surface area contributed by atoms with Crippen LogP contribution in [0.2, 0.25) is 0 Å². The molecule has 0 unspecified atom stereocenters. The van der Waals surface area contributed by atoms with E-state index in [2.05, 4.69) is 4.90 Å². The summed E-state index contributed by atoms with van der Waals surface area (Å²) in [5, 5.41) is 10.9. The second kappa shape index (κ2) is 11.9. The summed E-state index contributed by atoms with van der Waals surface area (Å²) in [7, 11) is 3.46. The molecule has 0 spiro atoms. The van der Waals surface area contributed by atoms with Gasteiger partial charge in [-0.2, -0.15) is 13.2 Å². The molecule has 0 aromatic heterocycles. The number of alkyl halides is 3. The normalized spacial score (nSPS) is 21.2. The summed E-state index contributed by atoms with van der Waals surface area (Å²) in [6.07, 6.45) is 2.10. The standard InChI is InChI=1S/C29H37ClF3N3O3/c1-34(2)26(37)22-6-8-25(9-7-22)35-14-10-20(11-15-35)18-21-12-16-36(17-13-21)27(38)28(39,29(31,32)33)23-4-3-5-24(30)19-23/h4,6-9,19-21,39H,3,5,10-18H2,1-2H3/t28-/m1/s1. The van der Waals surface area contributed by atoms with Crippen LogP contribution in [-0.4, -0.2) is 78.8 Å². The molecule has 10 heteroatoms. The maximum Gasteiger partial charge on any atom is 0.430 e. The molecule has 1 aromatic carbocycles. The highest BCUT2D eigenvalue weighted by molar-refractivity contribution is 6.29. The minimum absolute atomic E-state index is 0.0246. The third-order valence-corrected chi connectivity index (χ3v) is 8.56. The number of allylic oxidation sites excluding steroid dienone is 2. The lowest BCUT2D eigenvalue weighted by Crippen LogP contribution is -2.60. The highest BCUT2D eigenvalue weighted by Gasteiger charge is 2.62. The molecule has 1 aromatic rings. The molecule has 6 nitrogen and oxygen atoms in total. The SMILES string of the molecule is CN(C)C(=O)c1ccc(N2CCC(CC3CCN(C(=O)[C@](O)(C4=CCCC(Cl)=C4)C(F)(F)F)CC3)CC2)cc1. The van der Waals surface area contributed by atoms with E-state index >= 15 is 0 Å². The minimum atomic E-state index is -5.14. The van der Waals surface area contributed by atoms with Crippen LogP contribution >= 0.6 is 11.6 Å². The molecule has 2 heterocycles. The summed E-state index contributed by atoms with van der Waals surface area (Å²) in [5.41, 5.74) is -2.31. The third kappa shape index (κ3) is 6.46. The van der Waals surface area contributed by atoms with Gasteiger partial charge in [0.1, 0.15) is 0 Å². The first-order valence-corrected chi connectivity index (χ1v) is 14.0. The van der Waals surface area contributed by atoms with Gasteiger partial charge in [-0.1, -0.05) is 17.7 Å². The fourth-order valence-electron chi connectivity index (χ4n) is 5.90. The Morgan fingerprint density at radius 2 is 1.56 bits per heavy atom. The molecule has 0 saturated carbocycles. The van der Waals surface area contributed by atoms with E-state index in [-0.39, 0.29) is 30.4 Å². The Morgan fingerprint density at radius 3 is 2.08 bits per heavy atom. The fourth-order valence-corrected chi connectivity index (χ4v) is 6.12. The number of rotatable bonds is 6. The molecule has 39 heavy (non-hydrogen) atoms. The molecule has 0 bridgehead atoms. The number of hydrogen-bond acceptors (Lipinski definition) is 4. The van der Waals surface area contributed by atoms with E-state index in [1.54, 1.807) is 19.0 Å². The number of anilines is 1. The average Bonchev–Trinajstić information content (AvgIpc) is 2.92. The number of aliphatic hydroxyl groups is 1. The van der Waals surface area contributed by atoms with E-state index < -0.39 is 23.3 Å². The van der Waals surface area contributed by atoms with Gasteiger partial charge >= 0.3 is 6.18 Å². The Hall–Kier alpha value is -2.52. The van der Waals surface area contributed by atoms with Crippen molar-refractivity contribution >= 4 is 29.1 Å². The average molecular weight is 568 g/mol. The van der Waals surface area contributed by atoms with Gasteiger partial charge in [0.05, 0.1) is 0 Å². The summed E-state index contributed by atoms with van der Waals surface area (Å²) in [6, 6.07) is 7.68.